The van der Waals surface area contributed by atoms with Crippen LogP contribution in [0.15, 0.2) is 30.5 Å². The molecular weight excluding hydrogens is 330 g/mol. The lowest BCUT2D eigenvalue weighted by Gasteiger charge is -2.14. The van der Waals surface area contributed by atoms with Crippen molar-refractivity contribution in [2.24, 2.45) is 0 Å². The van der Waals surface area contributed by atoms with Crippen LogP contribution in [0.1, 0.15) is 5.56 Å². The molecule has 4 rings (SSSR count). The molecule has 4 aromatic rings. The van der Waals surface area contributed by atoms with Crippen LogP contribution < -0.4 is 19.9 Å². The Bertz CT molecular complexity index is 1170. The molecule has 0 aliphatic rings. The zero-order chi connectivity index (χ0) is 18.4. The van der Waals surface area contributed by atoms with Gasteiger partial charge in [0, 0.05) is 39.4 Å². The number of pyridine rings is 2. The van der Waals surface area contributed by atoms with E-state index in [-0.39, 0.29) is 0 Å². The number of nitrogen functional groups attached to an aromatic ring is 1. The van der Waals surface area contributed by atoms with E-state index in [2.05, 4.69) is 9.97 Å². The molecule has 0 radical (unpaired) electrons. The van der Waals surface area contributed by atoms with E-state index in [1.165, 1.54) is 0 Å². The maximum atomic E-state index is 6.25. The second kappa shape index (κ2) is 5.91. The van der Waals surface area contributed by atoms with Crippen molar-refractivity contribution in [1.82, 2.24) is 9.97 Å². The Balaban J connectivity index is 2.24. The van der Waals surface area contributed by atoms with E-state index in [1.54, 1.807) is 27.5 Å². The number of benzene rings is 2. The van der Waals surface area contributed by atoms with Crippen LogP contribution >= 0.6 is 0 Å². The van der Waals surface area contributed by atoms with E-state index in [0.717, 1.165) is 43.9 Å². The first kappa shape index (κ1) is 16.2. The zero-order valence-corrected chi connectivity index (χ0v) is 15.1. The van der Waals surface area contributed by atoms with Crippen LogP contribution in [0.25, 0.3) is 32.6 Å². The van der Waals surface area contributed by atoms with Gasteiger partial charge in [-0.15, -0.1) is 0 Å². The number of methoxy groups -OCH3 is 3. The van der Waals surface area contributed by atoms with Gasteiger partial charge in [0.25, 0.3) is 0 Å². The lowest BCUT2D eigenvalue weighted by atomic mass is 10.00. The second-order valence-corrected chi connectivity index (χ2v) is 6.06. The molecule has 26 heavy (non-hydrogen) atoms. The second-order valence-electron chi connectivity index (χ2n) is 6.06. The van der Waals surface area contributed by atoms with Gasteiger partial charge in [-0.3, -0.25) is 4.98 Å². The lowest BCUT2D eigenvalue weighted by molar-refractivity contribution is 0.356. The fraction of sp³-hybridized carbons (Fsp3) is 0.200. The number of nitrogens with two attached hydrogens (primary N) is 1. The highest BCUT2D eigenvalue weighted by Gasteiger charge is 2.16. The summed E-state index contributed by atoms with van der Waals surface area (Å²) < 4.78 is 16.3. The van der Waals surface area contributed by atoms with Crippen LogP contribution in [0, 0.1) is 6.92 Å². The fourth-order valence-electron chi connectivity index (χ4n) is 3.43. The topological polar surface area (TPSA) is 79.5 Å². The quantitative estimate of drug-likeness (QED) is 0.566. The van der Waals surface area contributed by atoms with Crippen molar-refractivity contribution >= 4 is 38.4 Å². The van der Waals surface area contributed by atoms with Gasteiger partial charge in [0.15, 0.2) is 11.5 Å². The van der Waals surface area contributed by atoms with Gasteiger partial charge in [-0.1, -0.05) is 0 Å². The zero-order valence-electron chi connectivity index (χ0n) is 15.1. The van der Waals surface area contributed by atoms with Crippen LogP contribution in [-0.4, -0.2) is 31.3 Å². The molecule has 6 heteroatoms. The summed E-state index contributed by atoms with van der Waals surface area (Å²) in [6, 6.07) is 7.75. The molecule has 2 heterocycles. The van der Waals surface area contributed by atoms with E-state index in [0.29, 0.717) is 17.3 Å². The number of aromatic nitrogens is 2. The highest BCUT2D eigenvalue weighted by atomic mass is 16.5. The van der Waals surface area contributed by atoms with E-state index in [4.69, 9.17) is 19.9 Å². The maximum absolute atomic E-state index is 6.25. The molecule has 2 N–H and O–H groups in total. The minimum atomic E-state index is 0.438. The van der Waals surface area contributed by atoms with Gasteiger partial charge in [-0.05, 0) is 25.1 Å². The molecule has 6 nitrogen and oxygen atoms in total. The number of hydrogen-bond acceptors (Lipinski definition) is 6. The standard InChI is InChI=1S/C20H19N3O3/c1-10-15(24-2)6-5-11-18-12-7-16(25-3)17(26-4)8-14(12)22-9-13(18)20(21)23-19(10)11/h5-9H,1-4H3,(H2,21,23). The predicted octanol–water partition coefficient (Wildman–Crippen LogP) is 3.85. The molecule has 2 aromatic carbocycles. The molecule has 0 amide bonds. The maximum Gasteiger partial charge on any atom is 0.162 e. The summed E-state index contributed by atoms with van der Waals surface area (Å²) in [4.78, 5) is 9.13. The smallest absolute Gasteiger partial charge is 0.162 e. The number of anilines is 1. The van der Waals surface area contributed by atoms with Crippen molar-refractivity contribution in [3.05, 3.63) is 36.0 Å². The molecule has 0 unspecified atom stereocenters. The van der Waals surface area contributed by atoms with Gasteiger partial charge in [-0.2, -0.15) is 0 Å². The number of aryl methyl sites for hydroxylation is 1. The van der Waals surface area contributed by atoms with Gasteiger partial charge in [0.2, 0.25) is 0 Å². The van der Waals surface area contributed by atoms with Crippen molar-refractivity contribution < 1.29 is 14.2 Å². The SMILES string of the molecule is COc1cc2ncc3c(N)nc4c(C)c(OC)ccc4c3c2cc1OC. The van der Waals surface area contributed by atoms with Crippen LogP contribution in [-0.2, 0) is 0 Å². The van der Waals surface area contributed by atoms with Crippen molar-refractivity contribution in [2.75, 3.05) is 27.1 Å². The molecule has 0 saturated heterocycles. The molecule has 0 atom stereocenters. The third-order valence-electron chi connectivity index (χ3n) is 4.75. The summed E-state index contributed by atoms with van der Waals surface area (Å²) >= 11 is 0. The third-order valence-corrected chi connectivity index (χ3v) is 4.75. The number of nitrogens with zero attached hydrogens (tertiary/aromatic N) is 2. The minimum Gasteiger partial charge on any atom is -0.496 e. The summed E-state index contributed by atoms with van der Waals surface area (Å²) in [5.41, 5.74) is 8.82. The third kappa shape index (κ3) is 2.19. The molecule has 0 saturated carbocycles. The lowest BCUT2D eigenvalue weighted by Crippen LogP contribution is -1.98. The molecular formula is C20H19N3O3. The number of ether oxygens (including phenoxy) is 3. The summed E-state index contributed by atoms with van der Waals surface area (Å²) in [6.45, 7) is 1.98. The molecule has 2 aromatic heterocycles. The first-order valence-corrected chi connectivity index (χ1v) is 8.16. The van der Waals surface area contributed by atoms with Gasteiger partial charge in [0.1, 0.15) is 11.6 Å². The van der Waals surface area contributed by atoms with Crippen molar-refractivity contribution in [3.63, 3.8) is 0 Å². The van der Waals surface area contributed by atoms with Crippen LogP contribution in [0.3, 0.4) is 0 Å². The summed E-state index contributed by atoms with van der Waals surface area (Å²) in [5, 5.41) is 3.72. The Morgan fingerprint density at radius 1 is 0.846 bits per heavy atom. The summed E-state index contributed by atoms with van der Waals surface area (Å²) in [5.74, 6) is 2.49. The van der Waals surface area contributed by atoms with E-state index in [1.807, 2.05) is 31.2 Å². The van der Waals surface area contributed by atoms with Crippen LogP contribution in [0.5, 0.6) is 17.2 Å². The van der Waals surface area contributed by atoms with E-state index in [9.17, 15) is 0 Å². The largest absolute Gasteiger partial charge is 0.496 e. The number of fused-ring (bicyclic) bond motifs is 5. The summed E-state index contributed by atoms with van der Waals surface area (Å²) in [7, 11) is 4.87. The Morgan fingerprint density at radius 2 is 1.54 bits per heavy atom. The normalized spacial score (nSPS) is 11.2. The van der Waals surface area contributed by atoms with Gasteiger partial charge < -0.3 is 19.9 Å². The Labute approximate surface area is 150 Å². The Morgan fingerprint density at radius 3 is 2.23 bits per heavy atom. The Kier molecular flexibility index (Phi) is 3.68. The summed E-state index contributed by atoms with van der Waals surface area (Å²) in [6.07, 6.45) is 1.75. The first-order valence-electron chi connectivity index (χ1n) is 8.16. The Hall–Kier alpha value is -3.28. The average Bonchev–Trinajstić information content (AvgIpc) is 2.67. The highest BCUT2D eigenvalue weighted by Crippen LogP contribution is 2.39. The van der Waals surface area contributed by atoms with Crippen molar-refractivity contribution in [1.29, 1.82) is 0 Å². The van der Waals surface area contributed by atoms with Crippen molar-refractivity contribution in [2.45, 2.75) is 6.92 Å². The monoisotopic (exact) mass is 349 g/mol. The van der Waals surface area contributed by atoms with Gasteiger partial charge >= 0.3 is 0 Å². The average molecular weight is 349 g/mol. The van der Waals surface area contributed by atoms with Crippen LogP contribution in [0.2, 0.25) is 0 Å². The van der Waals surface area contributed by atoms with Gasteiger partial charge in [0.05, 0.1) is 32.4 Å². The highest BCUT2D eigenvalue weighted by molar-refractivity contribution is 6.21. The van der Waals surface area contributed by atoms with Crippen LogP contribution in [0.4, 0.5) is 5.82 Å². The van der Waals surface area contributed by atoms with Crippen molar-refractivity contribution in [3.8, 4) is 17.2 Å². The molecule has 0 aliphatic carbocycles. The molecule has 0 aliphatic heterocycles. The predicted molar refractivity (Wildman–Crippen MR) is 103 cm³/mol. The fourth-order valence-corrected chi connectivity index (χ4v) is 3.43. The number of hydrogen-bond donors (Lipinski definition) is 1. The first-order chi connectivity index (χ1) is 12.6. The number of rotatable bonds is 3. The van der Waals surface area contributed by atoms with E-state index < -0.39 is 0 Å². The minimum absolute atomic E-state index is 0.438. The van der Waals surface area contributed by atoms with E-state index >= 15 is 0 Å². The van der Waals surface area contributed by atoms with Gasteiger partial charge in [-0.25, -0.2) is 4.98 Å². The molecule has 0 fully saturated rings. The molecule has 0 spiro atoms. The molecule has 0 bridgehead atoms. The molecule has 132 valence electrons.